The molecule has 4 rings (SSSR count). The van der Waals surface area contributed by atoms with Crippen LogP contribution in [0.3, 0.4) is 0 Å². The van der Waals surface area contributed by atoms with Gasteiger partial charge in [-0.2, -0.15) is 0 Å². The van der Waals surface area contributed by atoms with Crippen LogP contribution in [0.25, 0.3) is 0 Å². The van der Waals surface area contributed by atoms with Crippen molar-refractivity contribution in [3.05, 3.63) is 79.3 Å². The van der Waals surface area contributed by atoms with Crippen molar-refractivity contribution in [1.82, 2.24) is 0 Å². The standard InChI is InChI=1S/C18H16O4Si/c1-5-15(19-10-1)9-14-23(16-6-2-11-20-16,17-7-3-12-21-17)18-8-4-13-22-18/h1-8,10-13H,9,14H2. The average molecular weight is 324 g/mol. The molecule has 0 amide bonds. The molecule has 116 valence electrons. The van der Waals surface area contributed by atoms with Crippen LogP contribution < -0.4 is 16.2 Å². The largest absolute Gasteiger partial charge is 0.473 e. The van der Waals surface area contributed by atoms with E-state index >= 15 is 0 Å². The maximum atomic E-state index is 5.83. The van der Waals surface area contributed by atoms with E-state index in [2.05, 4.69) is 0 Å². The van der Waals surface area contributed by atoms with Gasteiger partial charge in [0.1, 0.15) is 21.9 Å². The maximum Gasteiger partial charge on any atom is 0.277 e. The Labute approximate surface area is 134 Å². The molecule has 0 aliphatic heterocycles. The van der Waals surface area contributed by atoms with Crippen LogP contribution in [0.1, 0.15) is 5.76 Å². The quantitative estimate of drug-likeness (QED) is 0.512. The molecule has 0 unspecified atom stereocenters. The lowest BCUT2D eigenvalue weighted by atomic mass is 10.4. The van der Waals surface area contributed by atoms with Crippen LogP contribution in [0.5, 0.6) is 0 Å². The van der Waals surface area contributed by atoms with Gasteiger partial charge >= 0.3 is 0 Å². The predicted molar refractivity (Wildman–Crippen MR) is 88.0 cm³/mol. The molecule has 5 heteroatoms. The highest BCUT2D eigenvalue weighted by atomic mass is 28.3. The normalized spacial score (nSPS) is 11.8. The third-order valence-corrected chi connectivity index (χ3v) is 8.53. The van der Waals surface area contributed by atoms with Gasteiger partial charge in [-0.25, -0.2) is 0 Å². The topological polar surface area (TPSA) is 52.6 Å². The van der Waals surface area contributed by atoms with Crippen molar-refractivity contribution < 1.29 is 17.7 Å². The molecule has 4 aromatic rings. The molecule has 4 aromatic heterocycles. The molecule has 0 aliphatic carbocycles. The molecule has 0 atom stereocenters. The van der Waals surface area contributed by atoms with E-state index in [1.165, 1.54) is 0 Å². The van der Waals surface area contributed by atoms with Crippen LogP contribution in [-0.4, -0.2) is 8.07 Å². The first-order chi connectivity index (χ1) is 11.4. The van der Waals surface area contributed by atoms with E-state index in [1.54, 1.807) is 25.1 Å². The molecule has 0 bridgehead atoms. The summed E-state index contributed by atoms with van der Waals surface area (Å²) in [5.74, 6) is 0.951. The summed E-state index contributed by atoms with van der Waals surface area (Å²) in [4.78, 5) is 0. The van der Waals surface area contributed by atoms with Gasteiger partial charge in [0.25, 0.3) is 8.07 Å². The van der Waals surface area contributed by atoms with E-state index < -0.39 is 8.07 Å². The fourth-order valence-corrected chi connectivity index (χ4v) is 7.10. The second-order valence-electron chi connectivity index (χ2n) is 5.42. The Morgan fingerprint density at radius 3 is 1.48 bits per heavy atom. The Kier molecular flexibility index (Phi) is 3.55. The maximum absolute atomic E-state index is 5.83. The summed E-state index contributed by atoms with van der Waals surface area (Å²) in [5, 5.41) is 2.77. The minimum absolute atomic E-state index is 0.793. The van der Waals surface area contributed by atoms with Crippen LogP contribution >= 0.6 is 0 Å². The Balaban J connectivity index is 1.84. The molecular weight excluding hydrogens is 308 g/mol. The first-order valence-corrected chi connectivity index (χ1v) is 9.74. The lowest BCUT2D eigenvalue weighted by Crippen LogP contribution is -2.66. The van der Waals surface area contributed by atoms with Gasteiger partial charge in [-0.05, 0) is 54.6 Å². The summed E-state index contributed by atoms with van der Waals surface area (Å²) < 4.78 is 23.0. The lowest BCUT2D eigenvalue weighted by molar-refractivity contribution is 0.514. The minimum atomic E-state index is -2.48. The van der Waals surface area contributed by atoms with E-state index in [4.69, 9.17) is 17.7 Å². The summed E-state index contributed by atoms with van der Waals surface area (Å²) in [6, 6.07) is 16.5. The van der Waals surface area contributed by atoms with Gasteiger partial charge in [0.15, 0.2) is 0 Å². The van der Waals surface area contributed by atoms with Crippen molar-refractivity contribution in [3.63, 3.8) is 0 Å². The number of aryl methyl sites for hydroxylation is 1. The summed E-state index contributed by atoms with van der Waals surface area (Å²) in [5.41, 5.74) is 0. The van der Waals surface area contributed by atoms with Crippen molar-refractivity contribution in [2.24, 2.45) is 0 Å². The number of hydrogen-bond acceptors (Lipinski definition) is 4. The zero-order chi connectivity index (χ0) is 15.5. The van der Waals surface area contributed by atoms with Gasteiger partial charge in [0.05, 0.1) is 25.1 Å². The van der Waals surface area contributed by atoms with Crippen LogP contribution in [0.4, 0.5) is 0 Å². The third-order valence-electron chi connectivity index (χ3n) is 4.15. The van der Waals surface area contributed by atoms with Crippen molar-refractivity contribution in [2.75, 3.05) is 0 Å². The molecule has 0 N–H and O–H groups in total. The average Bonchev–Trinajstić information content (AvgIpc) is 3.35. The van der Waals surface area contributed by atoms with Gasteiger partial charge in [0.2, 0.25) is 0 Å². The van der Waals surface area contributed by atoms with Gasteiger partial charge < -0.3 is 17.7 Å². The highest BCUT2D eigenvalue weighted by molar-refractivity contribution is 7.09. The zero-order valence-corrected chi connectivity index (χ0v) is 13.5. The molecule has 4 nitrogen and oxygen atoms in total. The van der Waals surface area contributed by atoms with Crippen LogP contribution in [0.15, 0.2) is 91.3 Å². The Bertz CT molecular complexity index is 728. The second kappa shape index (κ2) is 5.85. The van der Waals surface area contributed by atoms with E-state index in [0.717, 1.165) is 34.4 Å². The Morgan fingerprint density at radius 2 is 1.09 bits per heavy atom. The number of rotatable bonds is 6. The second-order valence-corrected chi connectivity index (χ2v) is 9.21. The molecule has 0 aliphatic rings. The molecule has 0 spiro atoms. The molecule has 0 saturated heterocycles. The first kappa shape index (κ1) is 14.0. The van der Waals surface area contributed by atoms with Crippen molar-refractivity contribution >= 4 is 24.2 Å². The van der Waals surface area contributed by atoms with Crippen LogP contribution in [0.2, 0.25) is 6.04 Å². The molecule has 0 radical (unpaired) electrons. The van der Waals surface area contributed by atoms with Gasteiger partial charge in [-0.3, -0.25) is 0 Å². The number of furan rings is 4. The van der Waals surface area contributed by atoms with E-state index in [0.29, 0.717) is 0 Å². The van der Waals surface area contributed by atoms with Crippen LogP contribution in [-0.2, 0) is 6.42 Å². The molecule has 0 saturated carbocycles. The summed E-state index contributed by atoms with van der Waals surface area (Å²) >= 11 is 0. The highest BCUT2D eigenvalue weighted by Gasteiger charge is 2.48. The molecule has 0 fully saturated rings. The zero-order valence-electron chi connectivity index (χ0n) is 12.5. The first-order valence-electron chi connectivity index (χ1n) is 7.54. The SMILES string of the molecule is c1coc(CC[Si](c2ccco2)(c2ccco2)c2ccco2)c1. The fraction of sp³-hybridized carbons (Fsp3) is 0.111. The molecule has 23 heavy (non-hydrogen) atoms. The fourth-order valence-electron chi connectivity index (χ4n) is 3.06. The van der Waals surface area contributed by atoms with Gasteiger partial charge in [-0.1, -0.05) is 0 Å². The molecular formula is C18H16O4Si. The number of hydrogen-bond donors (Lipinski definition) is 0. The molecule has 4 heterocycles. The summed E-state index contributed by atoms with van der Waals surface area (Å²) in [7, 11) is -2.48. The minimum Gasteiger partial charge on any atom is -0.473 e. The smallest absolute Gasteiger partial charge is 0.277 e. The highest BCUT2D eigenvalue weighted by Crippen LogP contribution is 2.17. The van der Waals surface area contributed by atoms with Gasteiger partial charge in [-0.15, -0.1) is 0 Å². The molecule has 0 aromatic carbocycles. The Morgan fingerprint density at radius 1 is 0.609 bits per heavy atom. The van der Waals surface area contributed by atoms with Crippen LogP contribution in [0, 0.1) is 0 Å². The summed E-state index contributed by atoms with van der Waals surface area (Å²) in [6.45, 7) is 0. The van der Waals surface area contributed by atoms with Crippen molar-refractivity contribution in [1.29, 1.82) is 0 Å². The van der Waals surface area contributed by atoms with Crippen molar-refractivity contribution in [2.45, 2.75) is 12.5 Å². The van der Waals surface area contributed by atoms with E-state index in [1.807, 2.05) is 48.5 Å². The van der Waals surface area contributed by atoms with Gasteiger partial charge in [0, 0.05) is 6.42 Å². The van der Waals surface area contributed by atoms with E-state index in [9.17, 15) is 0 Å². The van der Waals surface area contributed by atoms with Crippen molar-refractivity contribution in [3.8, 4) is 0 Å². The van der Waals surface area contributed by atoms with E-state index in [-0.39, 0.29) is 0 Å². The Hall–Kier alpha value is -2.66. The summed E-state index contributed by atoms with van der Waals surface area (Å²) in [6.07, 6.45) is 7.61. The third kappa shape index (κ3) is 2.39. The predicted octanol–water partition coefficient (Wildman–Crippen LogP) is 2.77. The monoisotopic (exact) mass is 324 g/mol. The lowest BCUT2D eigenvalue weighted by Gasteiger charge is -2.24.